The molecular weight excluding hydrogens is 289 g/mol. The van der Waals surface area contributed by atoms with Crippen LogP contribution < -0.4 is 10.1 Å². The van der Waals surface area contributed by atoms with Crippen molar-refractivity contribution in [3.05, 3.63) is 24.0 Å². The van der Waals surface area contributed by atoms with Gasteiger partial charge in [-0.2, -0.15) is 11.8 Å². The number of anilines is 1. The molecule has 0 radical (unpaired) electrons. The highest BCUT2D eigenvalue weighted by Crippen LogP contribution is 2.38. The summed E-state index contributed by atoms with van der Waals surface area (Å²) in [5, 5.41) is 3.35. The molecule has 2 heterocycles. The molecule has 1 N–H and O–H groups in total. The number of halogens is 1. The maximum atomic E-state index is 13.9. The lowest BCUT2D eigenvalue weighted by molar-refractivity contribution is -0.0865. The fourth-order valence-corrected chi connectivity index (χ4v) is 4.44. The van der Waals surface area contributed by atoms with E-state index in [4.69, 9.17) is 9.47 Å². The van der Waals surface area contributed by atoms with Crippen molar-refractivity contribution < 1.29 is 13.9 Å². The monoisotopic (exact) mass is 311 g/mol. The smallest absolute Gasteiger partial charge is 0.146 e. The summed E-state index contributed by atoms with van der Waals surface area (Å²) in [5.74, 6) is 2.78. The standard InChI is InChI=1S/C16H22FNO2S/c1-19-13-2-3-14(17)15(10-13)18-12-4-7-20-16(11-12)5-8-21-9-6-16/h2-3,10,12,18H,4-9,11H2,1H3. The highest BCUT2D eigenvalue weighted by atomic mass is 32.2. The van der Waals surface area contributed by atoms with Gasteiger partial charge in [-0.1, -0.05) is 0 Å². The second-order valence-corrected chi connectivity index (χ2v) is 7.05. The van der Waals surface area contributed by atoms with Crippen LogP contribution >= 0.6 is 11.8 Å². The summed E-state index contributed by atoms with van der Waals surface area (Å²) < 4.78 is 25.2. The molecule has 1 atom stereocenters. The van der Waals surface area contributed by atoms with E-state index in [1.807, 2.05) is 11.8 Å². The van der Waals surface area contributed by atoms with Gasteiger partial charge in [0.2, 0.25) is 0 Å². The molecule has 1 aromatic carbocycles. The average molecular weight is 311 g/mol. The molecule has 116 valence electrons. The first kappa shape index (κ1) is 15.0. The second-order valence-electron chi connectivity index (χ2n) is 5.82. The van der Waals surface area contributed by atoms with Gasteiger partial charge in [0, 0.05) is 18.7 Å². The van der Waals surface area contributed by atoms with Crippen LogP contribution in [0.2, 0.25) is 0 Å². The van der Waals surface area contributed by atoms with Gasteiger partial charge in [-0.05, 0) is 49.3 Å². The molecule has 2 fully saturated rings. The van der Waals surface area contributed by atoms with Crippen LogP contribution in [-0.2, 0) is 4.74 Å². The second kappa shape index (κ2) is 6.44. The van der Waals surface area contributed by atoms with E-state index in [1.165, 1.54) is 17.6 Å². The molecule has 2 aliphatic heterocycles. The molecule has 2 aliphatic rings. The number of benzene rings is 1. The zero-order valence-electron chi connectivity index (χ0n) is 12.4. The van der Waals surface area contributed by atoms with Crippen molar-refractivity contribution in [2.24, 2.45) is 0 Å². The molecule has 5 heteroatoms. The molecule has 1 spiro atoms. The van der Waals surface area contributed by atoms with E-state index < -0.39 is 0 Å². The molecule has 0 saturated carbocycles. The minimum absolute atomic E-state index is 0.0104. The van der Waals surface area contributed by atoms with Gasteiger partial charge in [-0.15, -0.1) is 0 Å². The van der Waals surface area contributed by atoms with Crippen molar-refractivity contribution in [1.29, 1.82) is 0 Å². The highest BCUT2D eigenvalue weighted by molar-refractivity contribution is 7.99. The van der Waals surface area contributed by atoms with Crippen molar-refractivity contribution in [2.45, 2.75) is 37.3 Å². The van der Waals surface area contributed by atoms with Crippen LogP contribution in [0.5, 0.6) is 5.75 Å². The van der Waals surface area contributed by atoms with E-state index >= 15 is 0 Å². The Balaban J connectivity index is 1.69. The molecule has 2 saturated heterocycles. The minimum atomic E-state index is -0.226. The third-order valence-corrected chi connectivity index (χ3v) is 5.42. The summed E-state index contributed by atoms with van der Waals surface area (Å²) in [4.78, 5) is 0. The van der Waals surface area contributed by atoms with Gasteiger partial charge in [0.25, 0.3) is 0 Å². The maximum absolute atomic E-state index is 13.9. The zero-order chi connectivity index (χ0) is 14.7. The van der Waals surface area contributed by atoms with Gasteiger partial charge in [-0.25, -0.2) is 4.39 Å². The van der Waals surface area contributed by atoms with E-state index in [1.54, 1.807) is 19.2 Å². The van der Waals surface area contributed by atoms with Gasteiger partial charge >= 0.3 is 0 Å². The van der Waals surface area contributed by atoms with Crippen LogP contribution in [0, 0.1) is 5.82 Å². The van der Waals surface area contributed by atoms with Crippen molar-refractivity contribution in [2.75, 3.05) is 30.5 Å². The summed E-state index contributed by atoms with van der Waals surface area (Å²) in [6, 6.07) is 5.09. The number of hydrogen-bond acceptors (Lipinski definition) is 4. The molecule has 0 aliphatic carbocycles. The summed E-state index contributed by atoms with van der Waals surface area (Å²) in [6.45, 7) is 0.758. The van der Waals surface area contributed by atoms with Gasteiger partial charge < -0.3 is 14.8 Å². The van der Waals surface area contributed by atoms with Crippen LogP contribution in [0.15, 0.2) is 18.2 Å². The Bertz CT molecular complexity index is 486. The number of methoxy groups -OCH3 is 1. The third-order valence-electron chi connectivity index (χ3n) is 4.43. The van der Waals surface area contributed by atoms with Crippen LogP contribution in [-0.4, -0.2) is 36.9 Å². The molecule has 0 bridgehead atoms. The topological polar surface area (TPSA) is 30.5 Å². The predicted octanol–water partition coefficient (Wildman–Crippen LogP) is 3.69. The van der Waals surface area contributed by atoms with Gasteiger partial charge in [0.1, 0.15) is 11.6 Å². The van der Waals surface area contributed by atoms with E-state index in [0.717, 1.165) is 32.3 Å². The molecule has 0 aromatic heterocycles. The molecule has 3 rings (SSSR count). The third kappa shape index (κ3) is 3.46. The maximum Gasteiger partial charge on any atom is 0.146 e. The fraction of sp³-hybridized carbons (Fsp3) is 0.625. The first-order chi connectivity index (χ1) is 10.2. The normalized spacial score (nSPS) is 24.8. The number of ether oxygens (including phenoxy) is 2. The lowest BCUT2D eigenvalue weighted by atomic mass is 9.85. The Morgan fingerprint density at radius 1 is 1.38 bits per heavy atom. The van der Waals surface area contributed by atoms with Crippen LogP contribution in [0.4, 0.5) is 10.1 Å². The van der Waals surface area contributed by atoms with E-state index in [-0.39, 0.29) is 17.5 Å². The summed E-state index contributed by atoms with van der Waals surface area (Å²) in [7, 11) is 1.60. The van der Waals surface area contributed by atoms with Crippen molar-refractivity contribution in [1.82, 2.24) is 0 Å². The summed E-state index contributed by atoms with van der Waals surface area (Å²) >= 11 is 2.00. The van der Waals surface area contributed by atoms with Crippen LogP contribution in [0.25, 0.3) is 0 Å². The lowest BCUT2D eigenvalue weighted by Crippen LogP contribution is -2.46. The Kier molecular flexibility index (Phi) is 4.60. The molecule has 3 nitrogen and oxygen atoms in total. The molecule has 1 unspecified atom stereocenters. The van der Waals surface area contributed by atoms with Gasteiger partial charge in [-0.3, -0.25) is 0 Å². The number of nitrogens with one attached hydrogen (secondary N) is 1. The SMILES string of the molecule is COc1ccc(F)c(NC2CCOC3(CCSCC3)C2)c1. The van der Waals surface area contributed by atoms with Crippen molar-refractivity contribution >= 4 is 17.4 Å². The average Bonchev–Trinajstić information content (AvgIpc) is 2.50. The first-order valence-corrected chi connectivity index (χ1v) is 8.68. The molecule has 1 aromatic rings. The quantitative estimate of drug-likeness (QED) is 0.922. The van der Waals surface area contributed by atoms with Gasteiger partial charge in [0.05, 0.1) is 18.4 Å². The van der Waals surface area contributed by atoms with Crippen LogP contribution in [0.1, 0.15) is 25.7 Å². The lowest BCUT2D eigenvalue weighted by Gasteiger charge is -2.43. The Labute approximate surface area is 129 Å². The molecular formula is C16H22FNO2S. The number of rotatable bonds is 3. The first-order valence-electron chi connectivity index (χ1n) is 7.53. The van der Waals surface area contributed by atoms with Crippen molar-refractivity contribution in [3.63, 3.8) is 0 Å². The van der Waals surface area contributed by atoms with Crippen LogP contribution in [0.3, 0.4) is 0 Å². The van der Waals surface area contributed by atoms with Gasteiger partial charge in [0.15, 0.2) is 0 Å². The Morgan fingerprint density at radius 2 is 2.19 bits per heavy atom. The Morgan fingerprint density at radius 3 is 2.95 bits per heavy atom. The van der Waals surface area contributed by atoms with Crippen molar-refractivity contribution in [3.8, 4) is 5.75 Å². The summed E-state index contributed by atoms with van der Waals surface area (Å²) in [5.41, 5.74) is 0.540. The number of thioether (sulfide) groups is 1. The zero-order valence-corrected chi connectivity index (χ0v) is 13.2. The van der Waals surface area contributed by atoms with E-state index in [0.29, 0.717) is 11.4 Å². The predicted molar refractivity (Wildman–Crippen MR) is 84.8 cm³/mol. The Hall–Kier alpha value is -0.940. The fourth-order valence-electron chi connectivity index (χ4n) is 3.20. The summed E-state index contributed by atoms with van der Waals surface area (Å²) in [6.07, 6.45) is 4.10. The largest absolute Gasteiger partial charge is 0.497 e. The number of hydrogen-bond donors (Lipinski definition) is 1. The molecule has 21 heavy (non-hydrogen) atoms. The highest BCUT2D eigenvalue weighted by Gasteiger charge is 2.38. The molecule has 0 amide bonds. The van der Waals surface area contributed by atoms with E-state index in [2.05, 4.69) is 5.32 Å². The minimum Gasteiger partial charge on any atom is -0.497 e. The van der Waals surface area contributed by atoms with E-state index in [9.17, 15) is 4.39 Å².